The van der Waals surface area contributed by atoms with Crippen molar-refractivity contribution in [2.75, 3.05) is 13.6 Å². The van der Waals surface area contributed by atoms with E-state index in [1.165, 1.54) is 0 Å². The van der Waals surface area contributed by atoms with Crippen LogP contribution in [0.3, 0.4) is 0 Å². The standard InChI is InChI=1S/C5H11N3/c1-8-3-2-5(4-6)7-8/h2-3,5,7H,4,6H2,1H3. The van der Waals surface area contributed by atoms with Gasteiger partial charge >= 0.3 is 0 Å². The maximum atomic E-state index is 5.36. The number of nitrogens with one attached hydrogen (secondary N) is 1. The summed E-state index contributed by atoms with van der Waals surface area (Å²) in [6, 6.07) is 0.347. The van der Waals surface area contributed by atoms with E-state index in [0.717, 1.165) is 0 Å². The molecule has 0 aromatic carbocycles. The summed E-state index contributed by atoms with van der Waals surface area (Å²) < 4.78 is 0. The average molecular weight is 113 g/mol. The van der Waals surface area contributed by atoms with E-state index < -0.39 is 0 Å². The van der Waals surface area contributed by atoms with Crippen LogP contribution in [0.1, 0.15) is 0 Å². The van der Waals surface area contributed by atoms with Crippen LogP contribution in [-0.4, -0.2) is 24.6 Å². The highest BCUT2D eigenvalue weighted by Gasteiger charge is 2.07. The smallest absolute Gasteiger partial charge is 0.0582 e. The molecule has 46 valence electrons. The average Bonchev–Trinajstić information content (AvgIpc) is 2.14. The highest BCUT2D eigenvalue weighted by atomic mass is 15.5. The normalized spacial score (nSPS) is 27.2. The van der Waals surface area contributed by atoms with Gasteiger partial charge in [-0.05, 0) is 6.08 Å². The molecule has 0 aromatic heterocycles. The Kier molecular flexibility index (Phi) is 1.50. The minimum atomic E-state index is 0.347. The summed E-state index contributed by atoms with van der Waals surface area (Å²) in [5.74, 6) is 0. The summed E-state index contributed by atoms with van der Waals surface area (Å²) in [5.41, 5.74) is 8.46. The maximum Gasteiger partial charge on any atom is 0.0582 e. The predicted octanol–water partition coefficient (Wildman–Crippen LogP) is -0.723. The molecular weight excluding hydrogens is 102 g/mol. The molecule has 1 unspecified atom stereocenters. The molecule has 0 aliphatic carbocycles. The van der Waals surface area contributed by atoms with Crippen molar-refractivity contribution in [1.29, 1.82) is 0 Å². The third-order valence-corrected chi connectivity index (χ3v) is 1.17. The molecule has 1 aliphatic heterocycles. The second-order valence-electron chi connectivity index (χ2n) is 1.92. The Hall–Kier alpha value is -0.540. The van der Waals surface area contributed by atoms with Gasteiger partial charge in [0, 0.05) is 19.8 Å². The second kappa shape index (κ2) is 2.15. The molecule has 3 N–H and O–H groups in total. The molecule has 0 fully saturated rings. The lowest BCUT2D eigenvalue weighted by Gasteiger charge is -2.11. The van der Waals surface area contributed by atoms with Crippen LogP contribution in [0.15, 0.2) is 12.3 Å². The fraction of sp³-hybridized carbons (Fsp3) is 0.600. The molecule has 0 bridgehead atoms. The monoisotopic (exact) mass is 113 g/mol. The van der Waals surface area contributed by atoms with E-state index in [9.17, 15) is 0 Å². The van der Waals surface area contributed by atoms with Crippen molar-refractivity contribution >= 4 is 0 Å². The first kappa shape index (κ1) is 5.59. The first-order valence-corrected chi connectivity index (χ1v) is 2.70. The lowest BCUT2D eigenvalue weighted by Crippen LogP contribution is -2.37. The molecule has 1 aliphatic rings. The first-order valence-electron chi connectivity index (χ1n) is 2.70. The van der Waals surface area contributed by atoms with Crippen LogP contribution in [0.25, 0.3) is 0 Å². The van der Waals surface area contributed by atoms with E-state index in [4.69, 9.17) is 5.73 Å². The van der Waals surface area contributed by atoms with Crippen LogP contribution in [0, 0.1) is 0 Å². The van der Waals surface area contributed by atoms with Gasteiger partial charge < -0.3 is 10.7 Å². The lowest BCUT2D eigenvalue weighted by molar-refractivity contribution is 0.333. The highest BCUT2D eigenvalue weighted by molar-refractivity contribution is 4.97. The first-order chi connectivity index (χ1) is 3.83. The minimum Gasteiger partial charge on any atom is -0.329 e. The topological polar surface area (TPSA) is 41.3 Å². The quantitative estimate of drug-likeness (QED) is 0.471. The van der Waals surface area contributed by atoms with Gasteiger partial charge in [0.25, 0.3) is 0 Å². The summed E-state index contributed by atoms with van der Waals surface area (Å²) in [5, 5.41) is 1.90. The molecule has 3 nitrogen and oxygen atoms in total. The molecule has 0 spiro atoms. The molecule has 3 heteroatoms. The van der Waals surface area contributed by atoms with E-state index in [2.05, 4.69) is 5.43 Å². The van der Waals surface area contributed by atoms with Crippen molar-refractivity contribution in [3.8, 4) is 0 Å². The van der Waals surface area contributed by atoms with Crippen molar-refractivity contribution in [1.82, 2.24) is 10.4 Å². The molecule has 0 saturated carbocycles. The summed E-state index contributed by atoms with van der Waals surface area (Å²) in [4.78, 5) is 0. The summed E-state index contributed by atoms with van der Waals surface area (Å²) in [7, 11) is 1.95. The van der Waals surface area contributed by atoms with Gasteiger partial charge in [-0.25, -0.2) is 5.43 Å². The summed E-state index contributed by atoms with van der Waals surface area (Å²) in [6.07, 6.45) is 4.01. The van der Waals surface area contributed by atoms with Crippen LogP contribution in [-0.2, 0) is 0 Å². The fourth-order valence-corrected chi connectivity index (χ4v) is 0.712. The van der Waals surface area contributed by atoms with Gasteiger partial charge in [-0.15, -0.1) is 0 Å². The van der Waals surface area contributed by atoms with E-state index in [0.29, 0.717) is 12.6 Å². The fourth-order valence-electron chi connectivity index (χ4n) is 0.712. The lowest BCUT2D eigenvalue weighted by atomic mass is 10.3. The Bertz CT molecular complexity index is 99.8. The Morgan fingerprint density at radius 2 is 2.62 bits per heavy atom. The van der Waals surface area contributed by atoms with Gasteiger partial charge in [0.05, 0.1) is 6.04 Å². The largest absolute Gasteiger partial charge is 0.329 e. The number of hydrogen-bond acceptors (Lipinski definition) is 3. The number of rotatable bonds is 1. The predicted molar refractivity (Wildman–Crippen MR) is 32.9 cm³/mol. The van der Waals surface area contributed by atoms with Crippen LogP contribution in [0.4, 0.5) is 0 Å². The molecule has 0 aromatic rings. The molecule has 1 heterocycles. The second-order valence-corrected chi connectivity index (χ2v) is 1.92. The van der Waals surface area contributed by atoms with Crippen molar-refractivity contribution in [2.45, 2.75) is 6.04 Å². The van der Waals surface area contributed by atoms with Crippen molar-refractivity contribution in [2.24, 2.45) is 5.73 Å². The van der Waals surface area contributed by atoms with Crippen molar-refractivity contribution in [3.63, 3.8) is 0 Å². The molecule has 0 saturated heterocycles. The van der Waals surface area contributed by atoms with E-state index >= 15 is 0 Å². The summed E-state index contributed by atoms with van der Waals surface area (Å²) >= 11 is 0. The van der Waals surface area contributed by atoms with Gasteiger partial charge in [-0.3, -0.25) is 0 Å². The molecule has 8 heavy (non-hydrogen) atoms. The summed E-state index contributed by atoms with van der Waals surface area (Å²) in [6.45, 7) is 0.668. The van der Waals surface area contributed by atoms with Gasteiger partial charge in [0.15, 0.2) is 0 Å². The zero-order valence-electron chi connectivity index (χ0n) is 4.96. The van der Waals surface area contributed by atoms with Crippen LogP contribution in [0.5, 0.6) is 0 Å². The Balaban J connectivity index is 2.34. The third-order valence-electron chi connectivity index (χ3n) is 1.17. The molecule has 1 rings (SSSR count). The zero-order chi connectivity index (χ0) is 5.98. The van der Waals surface area contributed by atoms with Crippen molar-refractivity contribution in [3.05, 3.63) is 12.3 Å². The minimum absolute atomic E-state index is 0.347. The zero-order valence-corrected chi connectivity index (χ0v) is 4.96. The number of hydrogen-bond donors (Lipinski definition) is 2. The van der Waals surface area contributed by atoms with Gasteiger partial charge in [-0.1, -0.05) is 0 Å². The van der Waals surface area contributed by atoms with Gasteiger partial charge in [0.2, 0.25) is 0 Å². The number of hydrazine groups is 1. The van der Waals surface area contributed by atoms with Crippen molar-refractivity contribution < 1.29 is 0 Å². The molecule has 0 radical (unpaired) electrons. The highest BCUT2D eigenvalue weighted by Crippen LogP contribution is 1.94. The van der Waals surface area contributed by atoms with Crippen LogP contribution in [0.2, 0.25) is 0 Å². The molecule has 0 amide bonds. The Morgan fingerprint density at radius 1 is 1.88 bits per heavy atom. The Labute approximate surface area is 49.1 Å². The van der Waals surface area contributed by atoms with Crippen LogP contribution >= 0.6 is 0 Å². The van der Waals surface area contributed by atoms with E-state index in [1.54, 1.807) is 0 Å². The molecular formula is C5H11N3. The van der Waals surface area contributed by atoms with E-state index in [-0.39, 0.29) is 0 Å². The SMILES string of the molecule is CN1C=CC(CN)N1. The van der Waals surface area contributed by atoms with Gasteiger partial charge in [0.1, 0.15) is 0 Å². The number of nitrogens with zero attached hydrogens (tertiary/aromatic N) is 1. The maximum absolute atomic E-state index is 5.36. The third kappa shape index (κ3) is 0.993. The van der Waals surface area contributed by atoms with Gasteiger partial charge in [-0.2, -0.15) is 0 Å². The van der Waals surface area contributed by atoms with Crippen LogP contribution < -0.4 is 11.2 Å². The van der Waals surface area contributed by atoms with E-state index in [1.807, 2.05) is 24.3 Å². The number of nitrogens with two attached hydrogens (primary N) is 1. The molecule has 1 atom stereocenters. The Morgan fingerprint density at radius 3 is 2.88 bits per heavy atom.